The van der Waals surface area contributed by atoms with Crippen molar-refractivity contribution in [1.82, 2.24) is 5.43 Å². The molecule has 0 aromatic carbocycles. The van der Waals surface area contributed by atoms with Gasteiger partial charge in [0.2, 0.25) is 0 Å². The van der Waals surface area contributed by atoms with Crippen LogP contribution in [-0.4, -0.2) is 12.3 Å². The lowest BCUT2D eigenvalue weighted by molar-refractivity contribution is 0.797. The number of hydrogen-bond donors (Lipinski definition) is 1. The predicted molar refractivity (Wildman–Crippen MR) is 41.9 cm³/mol. The number of allylic oxidation sites excluding steroid dienone is 3. The van der Waals surface area contributed by atoms with Gasteiger partial charge in [-0.05, 0) is 24.5 Å². The molecule has 0 unspecified atom stereocenters. The Balaban J connectivity index is 2.33. The molecule has 0 aromatic heterocycles. The van der Waals surface area contributed by atoms with Gasteiger partial charge in [0, 0.05) is 0 Å². The van der Waals surface area contributed by atoms with Crippen LogP contribution in [0.25, 0.3) is 0 Å². The van der Waals surface area contributed by atoms with E-state index >= 15 is 0 Å². The monoisotopic (exact) mass is 134 g/mol. The Morgan fingerprint density at radius 1 is 1.50 bits per heavy atom. The minimum atomic E-state index is 0.896. The van der Waals surface area contributed by atoms with E-state index in [-0.39, 0.29) is 0 Å². The van der Waals surface area contributed by atoms with Crippen LogP contribution in [0.3, 0.4) is 0 Å². The number of hydrazone groups is 1. The molecule has 1 aliphatic carbocycles. The molecular formula is C8H10N2. The fraction of sp³-hybridized carbons (Fsp3) is 0.375. The maximum Gasteiger partial charge on any atom is 0.0855 e. The van der Waals surface area contributed by atoms with Crippen molar-refractivity contribution in [2.24, 2.45) is 5.10 Å². The third kappa shape index (κ3) is 0.856. The highest BCUT2D eigenvalue weighted by molar-refractivity contribution is 6.09. The van der Waals surface area contributed by atoms with Crippen LogP contribution in [0, 0.1) is 0 Å². The normalized spacial score (nSPS) is 22.4. The summed E-state index contributed by atoms with van der Waals surface area (Å²) in [5.74, 6) is 0. The lowest BCUT2D eigenvalue weighted by atomic mass is 9.98. The van der Waals surface area contributed by atoms with Gasteiger partial charge in [-0.25, -0.2) is 0 Å². The first-order valence-electron chi connectivity index (χ1n) is 3.63. The Morgan fingerprint density at radius 2 is 2.50 bits per heavy atom. The summed E-state index contributed by atoms with van der Waals surface area (Å²) in [7, 11) is 0. The second kappa shape index (κ2) is 2.29. The molecule has 0 amide bonds. The lowest BCUT2D eigenvalue weighted by Gasteiger charge is -2.15. The molecule has 0 atom stereocenters. The fourth-order valence-corrected chi connectivity index (χ4v) is 1.28. The van der Waals surface area contributed by atoms with E-state index in [9.17, 15) is 0 Å². The predicted octanol–water partition coefficient (Wildman–Crippen LogP) is 1.22. The van der Waals surface area contributed by atoms with Gasteiger partial charge in [-0.3, -0.25) is 0 Å². The highest BCUT2D eigenvalue weighted by Gasteiger charge is 2.09. The molecule has 52 valence electrons. The van der Waals surface area contributed by atoms with Crippen LogP contribution in [-0.2, 0) is 0 Å². The zero-order valence-electron chi connectivity index (χ0n) is 5.80. The Hall–Kier alpha value is -1.05. The number of rotatable bonds is 0. The molecule has 0 aromatic rings. The van der Waals surface area contributed by atoms with Gasteiger partial charge < -0.3 is 5.43 Å². The van der Waals surface area contributed by atoms with Gasteiger partial charge in [0.15, 0.2) is 0 Å². The summed E-state index contributed by atoms with van der Waals surface area (Å²) >= 11 is 0. The van der Waals surface area contributed by atoms with E-state index in [1.54, 1.807) is 0 Å². The molecule has 2 aliphatic rings. The summed E-state index contributed by atoms with van der Waals surface area (Å²) in [6.07, 6.45) is 8.80. The third-order valence-corrected chi connectivity index (χ3v) is 1.82. The minimum Gasteiger partial charge on any atom is -0.306 e. The summed E-state index contributed by atoms with van der Waals surface area (Å²) in [6, 6.07) is 0. The summed E-state index contributed by atoms with van der Waals surface area (Å²) in [6.45, 7) is 0.896. The molecule has 0 bridgehead atoms. The maximum absolute atomic E-state index is 4.16. The zero-order valence-corrected chi connectivity index (χ0v) is 5.80. The standard InChI is InChI=1S/C8H10N2/c1-2-4-8-7(3-1)5-6-9-10-8/h2,4-5,9H,1,3,6H2. The van der Waals surface area contributed by atoms with E-state index in [1.165, 1.54) is 12.0 Å². The fourth-order valence-electron chi connectivity index (χ4n) is 1.28. The smallest absolute Gasteiger partial charge is 0.0855 e. The Bertz CT molecular complexity index is 223. The molecular weight excluding hydrogens is 124 g/mol. The van der Waals surface area contributed by atoms with Gasteiger partial charge in [0.05, 0.1) is 12.3 Å². The molecule has 0 fully saturated rings. The molecule has 0 saturated heterocycles. The molecule has 0 saturated carbocycles. The number of nitrogens with one attached hydrogen (secondary N) is 1. The number of nitrogens with zero attached hydrogens (tertiary/aromatic N) is 1. The van der Waals surface area contributed by atoms with Crippen molar-refractivity contribution >= 4 is 5.71 Å². The zero-order chi connectivity index (χ0) is 6.81. The second-order valence-corrected chi connectivity index (χ2v) is 2.53. The molecule has 10 heavy (non-hydrogen) atoms. The van der Waals surface area contributed by atoms with Crippen LogP contribution in [0.5, 0.6) is 0 Å². The van der Waals surface area contributed by atoms with Gasteiger partial charge in [-0.15, -0.1) is 0 Å². The van der Waals surface area contributed by atoms with Crippen LogP contribution in [0.1, 0.15) is 12.8 Å². The quantitative estimate of drug-likeness (QED) is 0.529. The van der Waals surface area contributed by atoms with Crippen molar-refractivity contribution in [3.05, 3.63) is 23.8 Å². The summed E-state index contributed by atoms with van der Waals surface area (Å²) in [5, 5.41) is 4.16. The van der Waals surface area contributed by atoms with Crippen LogP contribution in [0.4, 0.5) is 0 Å². The van der Waals surface area contributed by atoms with E-state index in [4.69, 9.17) is 0 Å². The van der Waals surface area contributed by atoms with Gasteiger partial charge in [-0.2, -0.15) is 5.10 Å². The van der Waals surface area contributed by atoms with Crippen LogP contribution >= 0.6 is 0 Å². The van der Waals surface area contributed by atoms with Crippen LogP contribution < -0.4 is 5.43 Å². The molecule has 0 spiro atoms. The first kappa shape index (κ1) is 5.71. The largest absolute Gasteiger partial charge is 0.306 e. The molecule has 0 radical (unpaired) electrons. The van der Waals surface area contributed by atoms with Crippen molar-refractivity contribution in [3.63, 3.8) is 0 Å². The van der Waals surface area contributed by atoms with Crippen molar-refractivity contribution < 1.29 is 0 Å². The van der Waals surface area contributed by atoms with Gasteiger partial charge in [0.1, 0.15) is 0 Å². The first-order valence-corrected chi connectivity index (χ1v) is 3.63. The number of hydrogen-bond acceptors (Lipinski definition) is 2. The van der Waals surface area contributed by atoms with Crippen molar-refractivity contribution in [3.8, 4) is 0 Å². The van der Waals surface area contributed by atoms with Crippen LogP contribution in [0.15, 0.2) is 28.9 Å². The SMILES string of the molecule is C1=CC2=NNCC=C2CC1. The van der Waals surface area contributed by atoms with Crippen molar-refractivity contribution in [2.45, 2.75) is 12.8 Å². The van der Waals surface area contributed by atoms with E-state index in [1.807, 2.05) is 0 Å². The van der Waals surface area contributed by atoms with Crippen molar-refractivity contribution in [1.29, 1.82) is 0 Å². The van der Waals surface area contributed by atoms with E-state index < -0.39 is 0 Å². The molecule has 2 nitrogen and oxygen atoms in total. The molecule has 2 rings (SSSR count). The Morgan fingerprint density at radius 3 is 3.40 bits per heavy atom. The van der Waals surface area contributed by atoms with E-state index in [2.05, 4.69) is 28.8 Å². The lowest BCUT2D eigenvalue weighted by Crippen LogP contribution is -2.18. The Kier molecular flexibility index (Phi) is 1.31. The minimum absolute atomic E-state index is 0.896. The van der Waals surface area contributed by atoms with Crippen LogP contribution in [0.2, 0.25) is 0 Å². The molecule has 1 heterocycles. The van der Waals surface area contributed by atoms with Gasteiger partial charge in [-0.1, -0.05) is 12.2 Å². The highest BCUT2D eigenvalue weighted by atomic mass is 15.3. The maximum atomic E-state index is 4.16. The topological polar surface area (TPSA) is 24.4 Å². The highest BCUT2D eigenvalue weighted by Crippen LogP contribution is 2.15. The summed E-state index contributed by atoms with van der Waals surface area (Å²) in [4.78, 5) is 0. The average Bonchev–Trinajstić information content (AvgIpc) is 2.05. The molecule has 2 heteroatoms. The molecule has 1 aliphatic heterocycles. The van der Waals surface area contributed by atoms with Gasteiger partial charge >= 0.3 is 0 Å². The summed E-state index contributed by atoms with van der Waals surface area (Å²) < 4.78 is 0. The molecule has 1 N–H and O–H groups in total. The average molecular weight is 134 g/mol. The third-order valence-electron chi connectivity index (χ3n) is 1.82. The Labute approximate surface area is 60.3 Å². The van der Waals surface area contributed by atoms with E-state index in [0.29, 0.717) is 0 Å². The second-order valence-electron chi connectivity index (χ2n) is 2.53. The number of fused-ring (bicyclic) bond motifs is 1. The van der Waals surface area contributed by atoms with Crippen molar-refractivity contribution in [2.75, 3.05) is 6.54 Å². The van der Waals surface area contributed by atoms with E-state index in [0.717, 1.165) is 18.7 Å². The van der Waals surface area contributed by atoms with Gasteiger partial charge in [0.25, 0.3) is 0 Å². The first-order chi connectivity index (χ1) is 4.97. The summed E-state index contributed by atoms with van der Waals surface area (Å²) in [5.41, 5.74) is 5.47.